The topological polar surface area (TPSA) is 75.6 Å². The van der Waals surface area contributed by atoms with E-state index in [1.54, 1.807) is 0 Å². The van der Waals surface area contributed by atoms with Gasteiger partial charge in [0.1, 0.15) is 5.60 Å². The van der Waals surface area contributed by atoms with Gasteiger partial charge in [-0.1, -0.05) is 13.8 Å². The maximum absolute atomic E-state index is 10.5. The molecule has 0 aromatic heterocycles. The fourth-order valence-corrected chi connectivity index (χ4v) is 0.678. The summed E-state index contributed by atoms with van der Waals surface area (Å²) in [6.45, 7) is 9.23. The lowest BCUT2D eigenvalue weighted by molar-refractivity contribution is -0.137. The largest absolute Gasteiger partial charge is 0.481 e. The Bertz CT molecular complexity index is 219. The van der Waals surface area contributed by atoms with Crippen molar-refractivity contribution in [1.82, 2.24) is 5.32 Å². The first kappa shape index (κ1) is 17.1. The van der Waals surface area contributed by atoms with Gasteiger partial charge in [-0.3, -0.25) is 4.79 Å². The molecule has 96 valence electrons. The molecule has 0 saturated heterocycles. The Morgan fingerprint density at radius 2 is 1.75 bits per heavy atom. The predicted molar refractivity (Wildman–Crippen MR) is 62.4 cm³/mol. The Labute approximate surface area is 97.2 Å². The zero-order chi connectivity index (χ0) is 13.4. The molecule has 1 amide bonds. The second-order valence-corrected chi connectivity index (χ2v) is 4.74. The number of rotatable bonds is 2. The second-order valence-electron chi connectivity index (χ2n) is 4.74. The molecule has 0 radical (unpaired) electrons. The molecule has 5 heteroatoms. The van der Waals surface area contributed by atoms with Gasteiger partial charge in [-0.15, -0.1) is 0 Å². The van der Waals surface area contributed by atoms with Crippen LogP contribution in [0.1, 0.15) is 41.0 Å². The van der Waals surface area contributed by atoms with Crippen LogP contribution in [0.2, 0.25) is 0 Å². The SMILES string of the molecule is CC(C)CC(=O)O.CNC(=O)OC(C)(C)C. The van der Waals surface area contributed by atoms with E-state index in [9.17, 15) is 9.59 Å². The van der Waals surface area contributed by atoms with E-state index < -0.39 is 5.97 Å². The predicted octanol–water partition coefficient (Wildman–Crippen LogP) is 2.26. The van der Waals surface area contributed by atoms with Gasteiger partial charge in [0.25, 0.3) is 0 Å². The fourth-order valence-electron chi connectivity index (χ4n) is 0.678. The summed E-state index contributed by atoms with van der Waals surface area (Å²) >= 11 is 0. The molecular formula is C11H23NO4. The van der Waals surface area contributed by atoms with Gasteiger partial charge in [-0.05, 0) is 26.7 Å². The minimum absolute atomic E-state index is 0.275. The molecule has 0 aromatic rings. The summed E-state index contributed by atoms with van der Waals surface area (Å²) in [4.78, 5) is 20.3. The van der Waals surface area contributed by atoms with E-state index in [1.165, 1.54) is 7.05 Å². The highest BCUT2D eigenvalue weighted by Crippen LogP contribution is 2.05. The van der Waals surface area contributed by atoms with Crippen molar-refractivity contribution in [2.75, 3.05) is 7.05 Å². The van der Waals surface area contributed by atoms with E-state index >= 15 is 0 Å². The quantitative estimate of drug-likeness (QED) is 0.767. The first-order valence-electron chi connectivity index (χ1n) is 5.21. The van der Waals surface area contributed by atoms with Crippen molar-refractivity contribution in [2.45, 2.75) is 46.6 Å². The molecule has 0 aliphatic heterocycles. The molecule has 0 bridgehead atoms. The molecule has 0 spiro atoms. The summed E-state index contributed by atoms with van der Waals surface area (Å²) < 4.78 is 4.84. The first-order chi connectivity index (χ1) is 7.08. The molecule has 0 saturated carbocycles. The lowest BCUT2D eigenvalue weighted by Gasteiger charge is -2.18. The van der Waals surface area contributed by atoms with Crippen LogP contribution < -0.4 is 5.32 Å². The first-order valence-corrected chi connectivity index (χ1v) is 5.21. The van der Waals surface area contributed by atoms with Crippen molar-refractivity contribution in [3.05, 3.63) is 0 Å². The van der Waals surface area contributed by atoms with Crippen LogP contribution in [0, 0.1) is 5.92 Å². The van der Waals surface area contributed by atoms with Gasteiger partial charge >= 0.3 is 12.1 Å². The van der Waals surface area contributed by atoms with Gasteiger partial charge < -0.3 is 15.2 Å². The number of hydrogen-bond acceptors (Lipinski definition) is 3. The van der Waals surface area contributed by atoms with Crippen LogP contribution in [0.5, 0.6) is 0 Å². The number of nitrogens with one attached hydrogen (secondary N) is 1. The molecule has 0 aliphatic rings. The molecule has 0 fully saturated rings. The van der Waals surface area contributed by atoms with Crippen molar-refractivity contribution in [1.29, 1.82) is 0 Å². The van der Waals surface area contributed by atoms with E-state index in [0.29, 0.717) is 0 Å². The van der Waals surface area contributed by atoms with Crippen molar-refractivity contribution in [3.63, 3.8) is 0 Å². The number of ether oxygens (including phenoxy) is 1. The molecule has 0 atom stereocenters. The number of carboxylic acids is 1. The van der Waals surface area contributed by atoms with E-state index in [-0.39, 0.29) is 24.0 Å². The zero-order valence-corrected chi connectivity index (χ0v) is 11.0. The number of carbonyl (C=O) groups is 2. The fraction of sp³-hybridized carbons (Fsp3) is 0.818. The van der Waals surface area contributed by atoms with Crippen molar-refractivity contribution >= 4 is 12.1 Å². The Hall–Kier alpha value is -1.26. The average Bonchev–Trinajstić information content (AvgIpc) is 1.99. The Kier molecular flexibility index (Phi) is 8.53. The van der Waals surface area contributed by atoms with Crippen LogP contribution in [-0.2, 0) is 9.53 Å². The molecule has 5 nitrogen and oxygen atoms in total. The third-order valence-corrected chi connectivity index (χ3v) is 1.19. The minimum Gasteiger partial charge on any atom is -0.481 e. The highest BCUT2D eigenvalue weighted by Gasteiger charge is 2.13. The minimum atomic E-state index is -0.713. The van der Waals surface area contributed by atoms with Gasteiger partial charge in [-0.2, -0.15) is 0 Å². The summed E-state index contributed by atoms with van der Waals surface area (Å²) in [7, 11) is 1.54. The summed E-state index contributed by atoms with van der Waals surface area (Å²) in [6.07, 6.45) is -0.109. The summed E-state index contributed by atoms with van der Waals surface area (Å²) in [5.41, 5.74) is -0.389. The molecule has 16 heavy (non-hydrogen) atoms. The number of alkyl carbamates (subject to hydrolysis) is 1. The standard InChI is InChI=1S/C6H13NO2.C5H10O2/c1-6(2,3)9-5(8)7-4;1-4(2)3-5(6)7/h1-4H3,(H,7,8);4H,3H2,1-2H3,(H,6,7). The van der Waals surface area contributed by atoms with Crippen LogP contribution in [0.25, 0.3) is 0 Å². The van der Waals surface area contributed by atoms with Crippen LogP contribution in [0.3, 0.4) is 0 Å². The Morgan fingerprint density at radius 3 is 1.81 bits per heavy atom. The third kappa shape index (κ3) is 18.5. The van der Waals surface area contributed by atoms with Gasteiger partial charge in [0.05, 0.1) is 0 Å². The van der Waals surface area contributed by atoms with Gasteiger partial charge in [0, 0.05) is 13.5 Å². The van der Waals surface area contributed by atoms with Crippen molar-refractivity contribution in [3.8, 4) is 0 Å². The molecular weight excluding hydrogens is 210 g/mol. The van der Waals surface area contributed by atoms with E-state index in [4.69, 9.17) is 9.84 Å². The van der Waals surface area contributed by atoms with Gasteiger partial charge in [-0.25, -0.2) is 4.79 Å². The van der Waals surface area contributed by atoms with E-state index in [2.05, 4.69) is 5.32 Å². The molecule has 0 heterocycles. The summed E-state index contributed by atoms with van der Waals surface area (Å²) in [6, 6.07) is 0. The highest BCUT2D eigenvalue weighted by atomic mass is 16.6. The van der Waals surface area contributed by atoms with Crippen molar-refractivity contribution in [2.24, 2.45) is 5.92 Å². The zero-order valence-electron chi connectivity index (χ0n) is 11.0. The van der Waals surface area contributed by atoms with E-state index in [1.807, 2.05) is 34.6 Å². The molecule has 0 aliphatic carbocycles. The number of aliphatic carboxylic acids is 1. The smallest absolute Gasteiger partial charge is 0.407 e. The molecule has 0 rings (SSSR count). The normalized spacial score (nSPS) is 10.2. The highest BCUT2D eigenvalue weighted by molar-refractivity contribution is 5.67. The number of carboxylic acid groups (broad SMARTS) is 1. The van der Waals surface area contributed by atoms with E-state index in [0.717, 1.165) is 0 Å². The van der Waals surface area contributed by atoms with Gasteiger partial charge in [0.2, 0.25) is 0 Å². The number of carbonyl (C=O) groups excluding carboxylic acids is 1. The monoisotopic (exact) mass is 233 g/mol. The second kappa shape index (κ2) is 7.96. The summed E-state index contributed by atoms with van der Waals surface area (Å²) in [5, 5.41) is 10.4. The number of amides is 1. The molecule has 0 unspecified atom stereocenters. The Morgan fingerprint density at radius 1 is 1.31 bits per heavy atom. The Balaban J connectivity index is 0. The lowest BCUT2D eigenvalue weighted by atomic mass is 10.1. The molecule has 2 N–H and O–H groups in total. The maximum atomic E-state index is 10.5. The van der Waals surface area contributed by atoms with Crippen LogP contribution in [0.15, 0.2) is 0 Å². The average molecular weight is 233 g/mol. The lowest BCUT2D eigenvalue weighted by Crippen LogP contribution is -2.30. The van der Waals surface area contributed by atoms with Crippen molar-refractivity contribution < 1.29 is 19.4 Å². The summed E-state index contributed by atoms with van der Waals surface area (Å²) in [5.74, 6) is -0.438. The number of hydrogen-bond donors (Lipinski definition) is 2. The van der Waals surface area contributed by atoms with Crippen LogP contribution in [-0.4, -0.2) is 29.8 Å². The maximum Gasteiger partial charge on any atom is 0.407 e. The van der Waals surface area contributed by atoms with Crippen LogP contribution >= 0.6 is 0 Å². The van der Waals surface area contributed by atoms with Gasteiger partial charge in [0.15, 0.2) is 0 Å². The van der Waals surface area contributed by atoms with Crippen LogP contribution in [0.4, 0.5) is 4.79 Å². The third-order valence-electron chi connectivity index (χ3n) is 1.19. The molecule has 0 aromatic carbocycles.